The molecule has 0 spiro atoms. The number of rotatable bonds is 2. The van der Waals surface area contributed by atoms with Gasteiger partial charge in [0.1, 0.15) is 5.82 Å². The van der Waals surface area contributed by atoms with Gasteiger partial charge in [0.25, 0.3) is 0 Å². The summed E-state index contributed by atoms with van der Waals surface area (Å²) in [6.07, 6.45) is 1.61. The molecule has 0 saturated heterocycles. The molecular weight excluding hydrogens is 285 g/mol. The summed E-state index contributed by atoms with van der Waals surface area (Å²) in [7, 11) is 0. The van der Waals surface area contributed by atoms with Gasteiger partial charge in [-0.3, -0.25) is 0 Å². The number of aromatic carboxylic acids is 1. The molecule has 5 nitrogen and oxygen atoms in total. The fourth-order valence-corrected chi connectivity index (χ4v) is 2.06. The fraction of sp³-hybridized carbons (Fsp3) is 0.188. The first-order chi connectivity index (χ1) is 10.6. The molecule has 0 aliphatic carbocycles. The Kier molecular flexibility index (Phi) is 4.50. The number of fused-ring (bicyclic) bond motifs is 1. The van der Waals surface area contributed by atoms with Crippen LogP contribution in [0.25, 0.3) is 16.7 Å². The molecular formula is C16H16FN3O2. The summed E-state index contributed by atoms with van der Waals surface area (Å²) < 4.78 is 14.7. The van der Waals surface area contributed by atoms with Crippen molar-refractivity contribution in [1.82, 2.24) is 14.8 Å². The van der Waals surface area contributed by atoms with Crippen LogP contribution in [0.1, 0.15) is 29.9 Å². The van der Waals surface area contributed by atoms with Crippen LogP contribution in [0.4, 0.5) is 4.39 Å². The maximum absolute atomic E-state index is 13.3. The van der Waals surface area contributed by atoms with Gasteiger partial charge < -0.3 is 5.11 Å². The number of hydrogen-bond donors (Lipinski definition) is 1. The Balaban J connectivity index is 0.000000847. The lowest BCUT2D eigenvalue weighted by Gasteiger charge is -2.02. The van der Waals surface area contributed by atoms with E-state index in [9.17, 15) is 9.18 Å². The summed E-state index contributed by atoms with van der Waals surface area (Å²) in [5.41, 5.74) is 1.28. The molecule has 2 aromatic heterocycles. The van der Waals surface area contributed by atoms with Crippen LogP contribution in [-0.2, 0) is 0 Å². The van der Waals surface area contributed by atoms with Crippen molar-refractivity contribution < 1.29 is 14.3 Å². The van der Waals surface area contributed by atoms with Crippen LogP contribution < -0.4 is 0 Å². The van der Waals surface area contributed by atoms with Gasteiger partial charge in [0.05, 0.1) is 5.52 Å². The number of hydrogen-bond acceptors (Lipinski definition) is 3. The molecule has 6 heteroatoms. The van der Waals surface area contributed by atoms with Gasteiger partial charge in [-0.15, -0.1) is 0 Å². The minimum absolute atomic E-state index is 0.192. The number of carbonyl (C=O) groups is 1. The average molecular weight is 301 g/mol. The first kappa shape index (κ1) is 15.6. The van der Waals surface area contributed by atoms with Crippen molar-refractivity contribution in [3.63, 3.8) is 0 Å². The molecule has 0 aliphatic rings. The number of pyridine rings is 1. The zero-order chi connectivity index (χ0) is 16.3. The molecule has 0 atom stereocenters. The lowest BCUT2D eigenvalue weighted by atomic mass is 10.2. The van der Waals surface area contributed by atoms with Crippen molar-refractivity contribution in [3.05, 3.63) is 53.6 Å². The van der Waals surface area contributed by atoms with Crippen LogP contribution >= 0.6 is 0 Å². The van der Waals surface area contributed by atoms with E-state index in [2.05, 4.69) is 10.1 Å². The maximum atomic E-state index is 13.3. The minimum Gasteiger partial charge on any atom is -0.476 e. The Morgan fingerprint density at radius 3 is 2.59 bits per heavy atom. The molecule has 0 bridgehead atoms. The van der Waals surface area contributed by atoms with E-state index >= 15 is 0 Å². The second kappa shape index (κ2) is 6.34. The van der Waals surface area contributed by atoms with Gasteiger partial charge in [0.2, 0.25) is 0 Å². The van der Waals surface area contributed by atoms with Gasteiger partial charge >= 0.3 is 5.97 Å². The topological polar surface area (TPSA) is 68.0 Å². The third-order valence-corrected chi connectivity index (χ3v) is 2.96. The smallest absolute Gasteiger partial charge is 0.357 e. The molecule has 3 rings (SSSR count). The highest BCUT2D eigenvalue weighted by molar-refractivity contribution is 6.01. The zero-order valence-electron chi connectivity index (χ0n) is 12.5. The predicted molar refractivity (Wildman–Crippen MR) is 81.9 cm³/mol. The number of carboxylic acid groups (broad SMARTS) is 1. The molecule has 0 aliphatic heterocycles. The van der Waals surface area contributed by atoms with Gasteiger partial charge in [-0.05, 0) is 42.8 Å². The van der Waals surface area contributed by atoms with Crippen LogP contribution in [0.15, 0.2) is 36.5 Å². The standard InChI is InChI=1S/C14H10FN3O2.C2H6/c1-8-4-5-16-12(6-8)18-11-3-2-9(15)7-10(11)13(17-18)14(19)20;1-2/h2-7H,1H3,(H,19,20);1-2H3. The first-order valence-corrected chi connectivity index (χ1v) is 6.91. The van der Waals surface area contributed by atoms with E-state index in [4.69, 9.17) is 5.11 Å². The molecule has 0 unspecified atom stereocenters. The summed E-state index contributed by atoms with van der Waals surface area (Å²) in [5.74, 6) is -1.21. The normalized spacial score (nSPS) is 10.2. The van der Waals surface area contributed by atoms with Gasteiger partial charge in [0, 0.05) is 11.6 Å². The SMILES string of the molecule is CC.Cc1ccnc(-n2nc(C(=O)O)c3cc(F)ccc32)c1. The fourth-order valence-electron chi connectivity index (χ4n) is 2.06. The van der Waals surface area contributed by atoms with Gasteiger partial charge in [-0.25, -0.2) is 18.9 Å². The molecule has 22 heavy (non-hydrogen) atoms. The lowest BCUT2D eigenvalue weighted by molar-refractivity contribution is 0.0692. The maximum Gasteiger partial charge on any atom is 0.357 e. The summed E-state index contributed by atoms with van der Waals surface area (Å²) in [6.45, 7) is 5.90. The highest BCUT2D eigenvalue weighted by Gasteiger charge is 2.18. The second-order valence-electron chi connectivity index (χ2n) is 4.42. The molecule has 0 radical (unpaired) electrons. The van der Waals surface area contributed by atoms with E-state index in [1.807, 2.05) is 26.8 Å². The highest BCUT2D eigenvalue weighted by Crippen LogP contribution is 2.22. The lowest BCUT2D eigenvalue weighted by Crippen LogP contribution is -2.03. The molecule has 114 valence electrons. The van der Waals surface area contributed by atoms with Crippen LogP contribution in [0, 0.1) is 12.7 Å². The van der Waals surface area contributed by atoms with Gasteiger partial charge in [-0.2, -0.15) is 5.10 Å². The third kappa shape index (κ3) is 2.81. The van der Waals surface area contributed by atoms with Crippen LogP contribution in [0.5, 0.6) is 0 Å². The third-order valence-electron chi connectivity index (χ3n) is 2.96. The number of carboxylic acids is 1. The highest BCUT2D eigenvalue weighted by atomic mass is 19.1. The predicted octanol–water partition coefficient (Wildman–Crippen LogP) is 3.59. The van der Waals surface area contributed by atoms with Crippen molar-refractivity contribution in [2.24, 2.45) is 0 Å². The Morgan fingerprint density at radius 2 is 1.95 bits per heavy atom. The molecule has 3 aromatic rings. The van der Waals surface area contributed by atoms with E-state index < -0.39 is 11.8 Å². The van der Waals surface area contributed by atoms with Gasteiger partial charge in [0.15, 0.2) is 11.5 Å². The second-order valence-corrected chi connectivity index (χ2v) is 4.42. The van der Waals surface area contributed by atoms with Gasteiger partial charge in [-0.1, -0.05) is 13.8 Å². The largest absolute Gasteiger partial charge is 0.476 e. The monoisotopic (exact) mass is 301 g/mol. The van der Waals surface area contributed by atoms with E-state index in [0.717, 1.165) is 11.6 Å². The zero-order valence-corrected chi connectivity index (χ0v) is 12.5. The van der Waals surface area contributed by atoms with Crippen molar-refractivity contribution in [2.75, 3.05) is 0 Å². The summed E-state index contributed by atoms with van der Waals surface area (Å²) in [5, 5.41) is 13.4. The average Bonchev–Trinajstić information content (AvgIpc) is 2.88. The Bertz CT molecular complexity index is 827. The molecule has 0 fully saturated rings. The minimum atomic E-state index is -1.20. The number of aryl methyl sites for hydroxylation is 1. The summed E-state index contributed by atoms with van der Waals surface area (Å²) in [4.78, 5) is 15.4. The molecule has 1 N–H and O–H groups in total. The molecule has 0 saturated carbocycles. The van der Waals surface area contributed by atoms with Crippen LogP contribution in [0.2, 0.25) is 0 Å². The first-order valence-electron chi connectivity index (χ1n) is 6.91. The summed E-state index contributed by atoms with van der Waals surface area (Å²) in [6, 6.07) is 7.53. The Hall–Kier alpha value is -2.76. The molecule has 0 amide bonds. The number of halogens is 1. The molecule has 1 aromatic carbocycles. The van der Waals surface area contributed by atoms with Crippen molar-refractivity contribution in [1.29, 1.82) is 0 Å². The number of aromatic nitrogens is 3. The summed E-state index contributed by atoms with van der Waals surface area (Å²) >= 11 is 0. The van der Waals surface area contributed by atoms with E-state index in [0.29, 0.717) is 11.3 Å². The van der Waals surface area contributed by atoms with Crippen molar-refractivity contribution in [2.45, 2.75) is 20.8 Å². The Morgan fingerprint density at radius 1 is 1.23 bits per heavy atom. The van der Waals surface area contributed by atoms with E-state index in [1.54, 1.807) is 12.3 Å². The Labute approximate surface area is 127 Å². The molecule has 2 heterocycles. The van der Waals surface area contributed by atoms with Crippen LogP contribution in [-0.4, -0.2) is 25.8 Å². The van der Waals surface area contributed by atoms with Crippen LogP contribution in [0.3, 0.4) is 0 Å². The van der Waals surface area contributed by atoms with Crippen molar-refractivity contribution >= 4 is 16.9 Å². The van der Waals surface area contributed by atoms with E-state index in [1.165, 1.54) is 16.8 Å². The quantitative estimate of drug-likeness (QED) is 0.785. The van der Waals surface area contributed by atoms with Crippen molar-refractivity contribution in [3.8, 4) is 5.82 Å². The van der Waals surface area contributed by atoms with E-state index in [-0.39, 0.29) is 11.1 Å². The number of nitrogens with zero attached hydrogens (tertiary/aromatic N) is 3. The number of benzene rings is 1.